The van der Waals surface area contributed by atoms with Crippen molar-refractivity contribution in [3.63, 3.8) is 0 Å². The van der Waals surface area contributed by atoms with Crippen molar-refractivity contribution in [2.45, 2.75) is 25.9 Å². The van der Waals surface area contributed by atoms with E-state index < -0.39 is 12.5 Å². The number of ether oxygens (including phenoxy) is 2. The van der Waals surface area contributed by atoms with Crippen molar-refractivity contribution in [3.8, 4) is 11.5 Å². The molecular weight excluding hydrogens is 406 g/mol. The fourth-order valence-electron chi connectivity index (χ4n) is 3.37. The van der Waals surface area contributed by atoms with Crippen LogP contribution in [0.3, 0.4) is 0 Å². The van der Waals surface area contributed by atoms with Crippen molar-refractivity contribution in [1.82, 2.24) is 4.90 Å². The zero-order chi connectivity index (χ0) is 22.2. The summed E-state index contributed by atoms with van der Waals surface area (Å²) in [7, 11) is 1.34. The van der Waals surface area contributed by atoms with Crippen LogP contribution in [0.4, 0.5) is 14.5 Å². The molecule has 0 radical (unpaired) electrons. The smallest absolute Gasteiger partial charge is 0.387 e. The molecule has 1 N–H and O–H groups in total. The number of benzene rings is 2. The molecule has 0 unspecified atom stereocenters. The van der Waals surface area contributed by atoms with Crippen LogP contribution in [0.25, 0.3) is 6.08 Å². The minimum atomic E-state index is -2.96. The van der Waals surface area contributed by atoms with E-state index in [9.17, 15) is 18.4 Å². The Morgan fingerprint density at radius 3 is 2.52 bits per heavy atom. The summed E-state index contributed by atoms with van der Waals surface area (Å²) in [4.78, 5) is 27.1. The Bertz CT molecular complexity index is 956. The number of para-hydroxylation sites is 1. The van der Waals surface area contributed by atoms with Crippen LogP contribution in [0.2, 0.25) is 0 Å². The minimum absolute atomic E-state index is 0.0933. The van der Waals surface area contributed by atoms with Gasteiger partial charge in [-0.1, -0.05) is 18.2 Å². The zero-order valence-corrected chi connectivity index (χ0v) is 17.1. The normalized spacial score (nSPS) is 14.0. The van der Waals surface area contributed by atoms with E-state index in [2.05, 4.69) is 10.1 Å². The summed E-state index contributed by atoms with van der Waals surface area (Å²) in [6, 6.07) is 11.2. The monoisotopic (exact) mass is 430 g/mol. The molecule has 0 aromatic heterocycles. The Balaban J connectivity index is 1.70. The molecule has 0 saturated carbocycles. The van der Waals surface area contributed by atoms with Crippen molar-refractivity contribution >= 4 is 23.6 Å². The molecule has 2 amide bonds. The highest BCUT2D eigenvalue weighted by Crippen LogP contribution is 2.30. The van der Waals surface area contributed by atoms with E-state index in [1.807, 2.05) is 0 Å². The van der Waals surface area contributed by atoms with Crippen molar-refractivity contribution in [3.05, 3.63) is 59.7 Å². The highest BCUT2D eigenvalue weighted by Gasteiger charge is 2.21. The number of carbonyl (C=O) groups excluding carboxylic acids is 2. The van der Waals surface area contributed by atoms with Gasteiger partial charge in [0.2, 0.25) is 5.91 Å². The summed E-state index contributed by atoms with van der Waals surface area (Å²) in [5, 5.41) is 2.74. The van der Waals surface area contributed by atoms with Gasteiger partial charge in [-0.3, -0.25) is 9.59 Å². The standard InChI is InChI=1S/C23H24F2N2O4/c1-30-20-15-16(9-11-19(20)31-23(24)25)10-12-21(28)26-18-8-4-3-7-17(18)22(29)27-13-5-2-6-14-27/h3-4,7-12,15,23H,2,5-6,13-14H2,1H3,(H,26,28)/b12-10+. The van der Waals surface area contributed by atoms with E-state index in [1.165, 1.54) is 37.5 Å². The molecule has 164 valence electrons. The summed E-state index contributed by atoms with van der Waals surface area (Å²) < 4.78 is 34.3. The first-order valence-corrected chi connectivity index (χ1v) is 9.98. The fourth-order valence-corrected chi connectivity index (χ4v) is 3.37. The number of alkyl halides is 2. The summed E-state index contributed by atoms with van der Waals surface area (Å²) >= 11 is 0. The van der Waals surface area contributed by atoms with Gasteiger partial charge in [-0.25, -0.2) is 0 Å². The number of halogens is 2. The van der Waals surface area contributed by atoms with E-state index in [4.69, 9.17) is 4.74 Å². The van der Waals surface area contributed by atoms with E-state index in [1.54, 1.807) is 29.2 Å². The predicted octanol–water partition coefficient (Wildman–Crippen LogP) is 4.57. The molecule has 0 atom stereocenters. The molecule has 1 fully saturated rings. The van der Waals surface area contributed by atoms with Crippen molar-refractivity contribution < 1.29 is 27.8 Å². The quantitative estimate of drug-likeness (QED) is 0.654. The molecule has 0 spiro atoms. The molecule has 0 bridgehead atoms. The van der Waals surface area contributed by atoms with E-state index in [0.717, 1.165) is 19.3 Å². The number of anilines is 1. The number of hydrogen-bond donors (Lipinski definition) is 1. The van der Waals surface area contributed by atoms with Crippen LogP contribution in [0.5, 0.6) is 11.5 Å². The fraction of sp³-hybridized carbons (Fsp3) is 0.304. The van der Waals surface area contributed by atoms with E-state index >= 15 is 0 Å². The number of nitrogens with one attached hydrogen (secondary N) is 1. The Kier molecular flexibility index (Phi) is 7.59. The molecule has 3 rings (SSSR count). The number of likely N-dealkylation sites (tertiary alicyclic amines) is 1. The van der Waals surface area contributed by atoms with Crippen LogP contribution in [-0.4, -0.2) is 43.5 Å². The molecule has 2 aromatic carbocycles. The number of carbonyl (C=O) groups is 2. The van der Waals surface area contributed by atoms with Crippen LogP contribution >= 0.6 is 0 Å². The molecule has 31 heavy (non-hydrogen) atoms. The maximum Gasteiger partial charge on any atom is 0.387 e. The summed E-state index contributed by atoms with van der Waals surface area (Å²) in [5.41, 5.74) is 1.44. The zero-order valence-electron chi connectivity index (χ0n) is 17.1. The average Bonchev–Trinajstić information content (AvgIpc) is 2.78. The van der Waals surface area contributed by atoms with Crippen LogP contribution in [0.15, 0.2) is 48.5 Å². The maximum atomic E-state index is 12.8. The van der Waals surface area contributed by atoms with Crippen LogP contribution < -0.4 is 14.8 Å². The number of amides is 2. The van der Waals surface area contributed by atoms with Gasteiger partial charge in [0.1, 0.15) is 0 Å². The van der Waals surface area contributed by atoms with Gasteiger partial charge >= 0.3 is 6.61 Å². The number of nitrogens with zero attached hydrogens (tertiary/aromatic N) is 1. The molecule has 1 heterocycles. The molecular formula is C23H24F2N2O4. The minimum Gasteiger partial charge on any atom is -0.493 e. The second kappa shape index (κ2) is 10.6. The van der Waals surface area contributed by atoms with E-state index in [0.29, 0.717) is 29.9 Å². The first-order chi connectivity index (χ1) is 15.0. The van der Waals surface area contributed by atoms with Gasteiger partial charge in [-0.2, -0.15) is 8.78 Å². The first-order valence-electron chi connectivity index (χ1n) is 9.98. The second-order valence-electron chi connectivity index (χ2n) is 7.01. The SMILES string of the molecule is COc1cc(/C=C/C(=O)Nc2ccccc2C(=O)N2CCCCC2)ccc1OC(F)F. The third kappa shape index (κ3) is 6.04. The number of hydrogen-bond acceptors (Lipinski definition) is 4. The van der Waals surface area contributed by atoms with Crippen molar-refractivity contribution in [2.75, 3.05) is 25.5 Å². The lowest BCUT2D eigenvalue weighted by atomic mass is 10.1. The van der Waals surface area contributed by atoms with Crippen LogP contribution in [-0.2, 0) is 4.79 Å². The molecule has 1 aliphatic heterocycles. The molecule has 6 nitrogen and oxygen atoms in total. The lowest BCUT2D eigenvalue weighted by Crippen LogP contribution is -2.36. The highest BCUT2D eigenvalue weighted by atomic mass is 19.3. The Morgan fingerprint density at radius 1 is 1.06 bits per heavy atom. The predicted molar refractivity (Wildman–Crippen MR) is 113 cm³/mol. The van der Waals surface area contributed by atoms with Gasteiger partial charge < -0.3 is 19.7 Å². The first kappa shape index (κ1) is 22.3. The molecule has 8 heteroatoms. The van der Waals surface area contributed by atoms with Crippen LogP contribution in [0.1, 0.15) is 35.2 Å². The summed E-state index contributed by atoms with van der Waals surface area (Å²) in [6.07, 6.45) is 5.89. The van der Waals surface area contributed by atoms with Gasteiger partial charge in [-0.05, 0) is 55.2 Å². The van der Waals surface area contributed by atoms with Gasteiger partial charge in [-0.15, -0.1) is 0 Å². The number of piperidine rings is 1. The number of rotatable bonds is 7. The van der Waals surface area contributed by atoms with Crippen molar-refractivity contribution in [2.24, 2.45) is 0 Å². The topological polar surface area (TPSA) is 67.9 Å². The summed E-state index contributed by atoms with van der Waals surface area (Å²) in [5.74, 6) is -0.491. The largest absolute Gasteiger partial charge is 0.493 e. The van der Waals surface area contributed by atoms with Gasteiger partial charge in [0.25, 0.3) is 5.91 Å². The van der Waals surface area contributed by atoms with Gasteiger partial charge in [0, 0.05) is 19.2 Å². The third-order valence-electron chi connectivity index (χ3n) is 4.89. The molecule has 2 aromatic rings. The highest BCUT2D eigenvalue weighted by molar-refractivity contribution is 6.07. The lowest BCUT2D eigenvalue weighted by Gasteiger charge is -2.27. The molecule has 1 aliphatic rings. The van der Waals surface area contributed by atoms with Crippen LogP contribution in [0, 0.1) is 0 Å². The van der Waals surface area contributed by atoms with Crippen molar-refractivity contribution in [1.29, 1.82) is 0 Å². The Hall–Kier alpha value is -3.42. The molecule has 0 aliphatic carbocycles. The second-order valence-corrected chi connectivity index (χ2v) is 7.01. The lowest BCUT2D eigenvalue weighted by molar-refractivity contribution is -0.111. The third-order valence-corrected chi connectivity index (χ3v) is 4.89. The maximum absolute atomic E-state index is 12.8. The van der Waals surface area contributed by atoms with E-state index in [-0.39, 0.29) is 17.4 Å². The van der Waals surface area contributed by atoms with Gasteiger partial charge in [0.05, 0.1) is 18.4 Å². The number of methoxy groups -OCH3 is 1. The average molecular weight is 430 g/mol. The summed E-state index contributed by atoms with van der Waals surface area (Å²) in [6.45, 7) is -1.53. The Morgan fingerprint density at radius 2 is 1.81 bits per heavy atom. The Labute approximate surface area is 179 Å². The molecule has 1 saturated heterocycles. The van der Waals surface area contributed by atoms with Gasteiger partial charge in [0.15, 0.2) is 11.5 Å².